The Labute approximate surface area is 231 Å². The maximum absolute atomic E-state index is 14.1. The van der Waals surface area contributed by atoms with Crippen LogP contribution in [-0.2, 0) is 20.6 Å². The number of halogens is 3. The predicted molar refractivity (Wildman–Crippen MR) is 147 cm³/mol. The van der Waals surface area contributed by atoms with Gasteiger partial charge >= 0.3 is 6.18 Å². The zero-order valence-electron chi connectivity index (χ0n) is 22.4. The zero-order chi connectivity index (χ0) is 29.1. The molecule has 0 heterocycles. The maximum atomic E-state index is 14.1. The molecule has 0 aromatic heterocycles. The minimum Gasteiger partial charge on any atom is -0.377 e. The molecule has 0 aliphatic heterocycles. The molecule has 2 aromatic carbocycles. The molecule has 2 aliphatic carbocycles. The SMILES string of the molecule is CN(C)c1ccccc1/C(=N\C(C=O)NC(=O)C(CC1CC1)C1(C(N)=O)CC=CC1)c1ccccc1C(F)(F)F. The van der Waals surface area contributed by atoms with Crippen LogP contribution < -0.4 is 16.0 Å². The minimum absolute atomic E-state index is 0.0967. The van der Waals surface area contributed by atoms with Crippen LogP contribution in [0.2, 0.25) is 0 Å². The highest BCUT2D eigenvalue weighted by molar-refractivity contribution is 6.17. The first-order valence-corrected chi connectivity index (χ1v) is 13.2. The number of nitrogens with two attached hydrogens (primary N) is 1. The second kappa shape index (κ2) is 11.7. The van der Waals surface area contributed by atoms with Gasteiger partial charge in [0.2, 0.25) is 11.8 Å². The molecular formula is C30H33F3N4O3. The molecule has 7 nitrogen and oxygen atoms in total. The van der Waals surface area contributed by atoms with Crippen molar-refractivity contribution in [1.29, 1.82) is 0 Å². The molecule has 2 atom stereocenters. The monoisotopic (exact) mass is 554 g/mol. The van der Waals surface area contributed by atoms with Crippen LogP contribution in [0.3, 0.4) is 0 Å². The van der Waals surface area contributed by atoms with Crippen molar-refractivity contribution in [1.82, 2.24) is 5.32 Å². The number of benzene rings is 2. The Kier molecular flexibility index (Phi) is 8.46. The van der Waals surface area contributed by atoms with Gasteiger partial charge in [-0.2, -0.15) is 13.2 Å². The van der Waals surface area contributed by atoms with Gasteiger partial charge in [-0.25, -0.2) is 0 Å². The summed E-state index contributed by atoms with van der Waals surface area (Å²) >= 11 is 0. The van der Waals surface area contributed by atoms with E-state index in [1.165, 1.54) is 18.2 Å². The van der Waals surface area contributed by atoms with Crippen LogP contribution in [0.1, 0.15) is 48.8 Å². The van der Waals surface area contributed by atoms with Crippen molar-refractivity contribution in [3.63, 3.8) is 0 Å². The number of aldehydes is 1. The highest BCUT2D eigenvalue weighted by Crippen LogP contribution is 2.47. The molecule has 0 radical (unpaired) electrons. The fourth-order valence-electron chi connectivity index (χ4n) is 5.37. The number of carbonyl (C=O) groups excluding carboxylic acids is 3. The van der Waals surface area contributed by atoms with E-state index >= 15 is 0 Å². The van der Waals surface area contributed by atoms with E-state index in [0.717, 1.165) is 18.9 Å². The van der Waals surface area contributed by atoms with Gasteiger partial charge in [0, 0.05) is 30.9 Å². The summed E-state index contributed by atoms with van der Waals surface area (Å²) in [4.78, 5) is 44.7. The first-order chi connectivity index (χ1) is 19.0. The third kappa shape index (κ3) is 6.11. The molecule has 0 spiro atoms. The van der Waals surface area contributed by atoms with Gasteiger partial charge in [0.05, 0.1) is 22.6 Å². The number of nitrogens with one attached hydrogen (secondary N) is 1. The number of alkyl halides is 3. The second-order valence-corrected chi connectivity index (χ2v) is 10.7. The zero-order valence-corrected chi connectivity index (χ0v) is 22.4. The summed E-state index contributed by atoms with van der Waals surface area (Å²) in [5.74, 6) is -1.69. The van der Waals surface area contributed by atoms with Crippen molar-refractivity contribution in [2.24, 2.45) is 28.0 Å². The fourth-order valence-corrected chi connectivity index (χ4v) is 5.37. The van der Waals surface area contributed by atoms with E-state index in [2.05, 4.69) is 10.3 Å². The highest BCUT2D eigenvalue weighted by atomic mass is 19.4. The lowest BCUT2D eigenvalue weighted by atomic mass is 9.70. The molecule has 2 aliphatic rings. The Morgan fingerprint density at radius 1 is 1.07 bits per heavy atom. The quantitative estimate of drug-likeness (QED) is 0.243. The van der Waals surface area contributed by atoms with Crippen LogP contribution in [0.4, 0.5) is 18.9 Å². The average molecular weight is 555 g/mol. The predicted octanol–water partition coefficient (Wildman–Crippen LogP) is 4.49. The molecule has 1 fully saturated rings. The van der Waals surface area contributed by atoms with Crippen molar-refractivity contribution in [2.45, 2.75) is 44.4 Å². The summed E-state index contributed by atoms with van der Waals surface area (Å²) in [5, 5.41) is 2.61. The molecule has 0 bridgehead atoms. The molecule has 2 aromatic rings. The van der Waals surface area contributed by atoms with E-state index in [0.29, 0.717) is 36.8 Å². The number of allylic oxidation sites excluding steroid dienone is 2. The second-order valence-electron chi connectivity index (χ2n) is 10.7. The number of hydrogen-bond acceptors (Lipinski definition) is 5. The Bertz CT molecular complexity index is 1320. The number of aliphatic imine (C=N–C) groups is 1. The summed E-state index contributed by atoms with van der Waals surface area (Å²) in [6.07, 6.45) is 0.731. The van der Waals surface area contributed by atoms with E-state index < -0.39 is 41.1 Å². The number of nitrogens with zero attached hydrogens (tertiary/aromatic N) is 2. The summed E-state index contributed by atoms with van der Waals surface area (Å²) in [6, 6.07) is 11.7. The number of rotatable bonds is 11. The van der Waals surface area contributed by atoms with E-state index in [-0.39, 0.29) is 17.2 Å². The molecule has 1 saturated carbocycles. The third-order valence-electron chi connectivity index (χ3n) is 7.69. The Balaban J connectivity index is 1.78. The van der Waals surface area contributed by atoms with Crippen molar-refractivity contribution < 1.29 is 27.6 Å². The van der Waals surface area contributed by atoms with Crippen molar-refractivity contribution in [2.75, 3.05) is 19.0 Å². The van der Waals surface area contributed by atoms with Crippen molar-refractivity contribution in [3.8, 4) is 0 Å². The smallest absolute Gasteiger partial charge is 0.377 e. The summed E-state index contributed by atoms with van der Waals surface area (Å²) in [7, 11) is 3.49. The van der Waals surface area contributed by atoms with Gasteiger partial charge in [0.1, 0.15) is 0 Å². The number of hydrogen-bond donors (Lipinski definition) is 2. The molecule has 10 heteroatoms. The van der Waals surface area contributed by atoms with E-state index in [1.54, 1.807) is 43.3 Å². The Hall–Kier alpha value is -3.95. The average Bonchev–Trinajstić information content (AvgIpc) is 3.61. The van der Waals surface area contributed by atoms with Gasteiger partial charge in [0.15, 0.2) is 12.5 Å². The van der Waals surface area contributed by atoms with Crippen molar-refractivity contribution in [3.05, 3.63) is 77.4 Å². The topological polar surface area (TPSA) is 105 Å². The first-order valence-electron chi connectivity index (χ1n) is 13.2. The molecule has 2 amide bonds. The number of para-hydroxylation sites is 1. The lowest BCUT2D eigenvalue weighted by Crippen LogP contribution is -2.50. The van der Waals surface area contributed by atoms with Gasteiger partial charge in [-0.15, -0.1) is 0 Å². The molecular weight excluding hydrogens is 521 g/mol. The lowest BCUT2D eigenvalue weighted by Gasteiger charge is -2.34. The van der Waals surface area contributed by atoms with Crippen LogP contribution in [-0.4, -0.2) is 44.1 Å². The summed E-state index contributed by atoms with van der Waals surface area (Å²) in [5.41, 5.74) is 4.36. The minimum atomic E-state index is -4.69. The number of primary amides is 1. The van der Waals surface area contributed by atoms with Gasteiger partial charge < -0.3 is 16.0 Å². The van der Waals surface area contributed by atoms with E-state index in [1.807, 2.05) is 12.2 Å². The summed E-state index contributed by atoms with van der Waals surface area (Å²) in [6.45, 7) is 0. The molecule has 212 valence electrons. The number of carbonyl (C=O) groups is 3. The molecule has 0 saturated heterocycles. The van der Waals surface area contributed by atoms with Crippen LogP contribution >= 0.6 is 0 Å². The molecule has 3 N–H and O–H groups in total. The first kappa shape index (κ1) is 29.0. The van der Waals surface area contributed by atoms with Crippen LogP contribution in [0.5, 0.6) is 0 Å². The van der Waals surface area contributed by atoms with Gasteiger partial charge in [0.25, 0.3) is 0 Å². The summed E-state index contributed by atoms with van der Waals surface area (Å²) < 4.78 is 42.2. The van der Waals surface area contributed by atoms with Crippen LogP contribution in [0, 0.1) is 17.3 Å². The fraction of sp³-hybridized carbons (Fsp3) is 0.400. The van der Waals surface area contributed by atoms with Crippen LogP contribution in [0.25, 0.3) is 0 Å². The van der Waals surface area contributed by atoms with E-state index in [4.69, 9.17) is 5.73 Å². The van der Waals surface area contributed by atoms with Gasteiger partial charge in [-0.05, 0) is 37.3 Å². The number of amides is 2. The highest BCUT2D eigenvalue weighted by Gasteiger charge is 2.50. The van der Waals surface area contributed by atoms with Crippen LogP contribution in [0.15, 0.2) is 65.7 Å². The third-order valence-corrected chi connectivity index (χ3v) is 7.69. The maximum Gasteiger partial charge on any atom is 0.417 e. The molecule has 40 heavy (non-hydrogen) atoms. The van der Waals surface area contributed by atoms with Gasteiger partial charge in [-0.1, -0.05) is 61.4 Å². The van der Waals surface area contributed by atoms with Gasteiger partial charge in [-0.3, -0.25) is 19.4 Å². The van der Waals surface area contributed by atoms with E-state index in [9.17, 15) is 27.6 Å². The van der Waals surface area contributed by atoms with Crippen molar-refractivity contribution >= 4 is 29.5 Å². The molecule has 4 rings (SSSR count). The normalized spacial score (nSPS) is 18.2. The Morgan fingerprint density at radius 3 is 2.23 bits per heavy atom. The lowest BCUT2D eigenvalue weighted by molar-refractivity contribution is -0.141. The standard InChI is InChI=1S/C30H33F3N4O3/c1-37(2)24-12-6-4-10-21(24)26(20-9-3-5-11-22(20)30(31,32)33)35-25(18-38)36-27(39)23(17-19-13-14-19)29(28(34)40)15-7-8-16-29/h3-12,18-19,23,25H,13-17H2,1-2H3,(H2,34,40)(H,36,39)/b35-26-. The Morgan fingerprint density at radius 2 is 1.68 bits per heavy atom. The molecule has 2 unspecified atom stereocenters. The largest absolute Gasteiger partial charge is 0.417 e. The number of anilines is 1.